The van der Waals surface area contributed by atoms with Gasteiger partial charge in [-0.3, -0.25) is 9.59 Å². The van der Waals surface area contributed by atoms with E-state index in [1.165, 1.54) is 23.3 Å². The summed E-state index contributed by atoms with van der Waals surface area (Å²) in [6.07, 6.45) is 4.41. The Labute approximate surface area is 191 Å². The van der Waals surface area contributed by atoms with Crippen LogP contribution in [-0.2, 0) is 4.79 Å². The van der Waals surface area contributed by atoms with Gasteiger partial charge in [-0.05, 0) is 49.2 Å². The molecular weight excluding hydrogens is 414 g/mol. The molecule has 3 heterocycles. The summed E-state index contributed by atoms with van der Waals surface area (Å²) in [5, 5.41) is 1.69. The third-order valence-corrected chi connectivity index (χ3v) is 6.26. The standard InChI is InChI=1S/C27H25N3O3/c1-18-6-5-8-21-19(2)16-24(28-26(18)21)29-12-14-30(15-13-29)25(31)11-10-20-17-33-23-9-4-3-7-22(23)27(20)32/h3-11,16-17H,12-15H2,1-2H3/b11-10+. The molecule has 1 amide bonds. The minimum absolute atomic E-state index is 0.110. The molecule has 0 unspecified atom stereocenters. The van der Waals surface area contributed by atoms with Crippen LogP contribution in [0.5, 0.6) is 0 Å². The van der Waals surface area contributed by atoms with Crippen molar-refractivity contribution in [1.82, 2.24) is 9.88 Å². The second kappa shape index (κ2) is 8.54. The number of carbonyl (C=O) groups excluding carboxylic acids is 1. The van der Waals surface area contributed by atoms with Crippen LogP contribution in [0.15, 0.2) is 70.1 Å². The number of rotatable bonds is 3. The molecule has 1 aliphatic heterocycles. The van der Waals surface area contributed by atoms with Crippen molar-refractivity contribution in [3.8, 4) is 0 Å². The highest BCUT2D eigenvalue weighted by molar-refractivity contribution is 5.92. The lowest BCUT2D eigenvalue weighted by molar-refractivity contribution is -0.126. The van der Waals surface area contributed by atoms with E-state index in [2.05, 4.69) is 43.0 Å². The van der Waals surface area contributed by atoms with Crippen LogP contribution in [0.1, 0.15) is 16.7 Å². The zero-order chi connectivity index (χ0) is 22.9. The monoisotopic (exact) mass is 439 g/mol. The van der Waals surface area contributed by atoms with E-state index in [4.69, 9.17) is 9.40 Å². The minimum atomic E-state index is -0.140. The summed E-state index contributed by atoms with van der Waals surface area (Å²) in [5.74, 6) is 0.839. The van der Waals surface area contributed by atoms with Crippen molar-refractivity contribution in [2.45, 2.75) is 13.8 Å². The number of benzene rings is 2. The maximum atomic E-state index is 12.7. The first-order valence-corrected chi connectivity index (χ1v) is 11.1. The molecule has 0 aliphatic carbocycles. The van der Waals surface area contributed by atoms with Crippen LogP contribution in [0.25, 0.3) is 27.9 Å². The number of anilines is 1. The Morgan fingerprint density at radius 1 is 0.970 bits per heavy atom. The molecule has 4 aromatic rings. The zero-order valence-electron chi connectivity index (χ0n) is 18.7. The molecule has 0 saturated carbocycles. The van der Waals surface area contributed by atoms with E-state index in [1.807, 2.05) is 6.07 Å². The maximum absolute atomic E-state index is 12.7. The summed E-state index contributed by atoms with van der Waals surface area (Å²) in [7, 11) is 0. The largest absolute Gasteiger partial charge is 0.463 e. The molecule has 1 aliphatic rings. The number of amides is 1. The number of aryl methyl sites for hydroxylation is 2. The fourth-order valence-corrected chi connectivity index (χ4v) is 4.34. The summed E-state index contributed by atoms with van der Waals surface area (Å²) in [5.41, 5.74) is 4.16. The lowest BCUT2D eigenvalue weighted by atomic mass is 10.1. The number of carbonyl (C=O) groups is 1. The molecule has 33 heavy (non-hydrogen) atoms. The van der Waals surface area contributed by atoms with Gasteiger partial charge in [0.05, 0.1) is 16.5 Å². The Morgan fingerprint density at radius 3 is 2.55 bits per heavy atom. The Hall–Kier alpha value is -3.93. The van der Waals surface area contributed by atoms with Crippen LogP contribution in [-0.4, -0.2) is 42.0 Å². The first-order chi connectivity index (χ1) is 16.0. The summed E-state index contributed by atoms with van der Waals surface area (Å²) >= 11 is 0. The van der Waals surface area contributed by atoms with Crippen LogP contribution < -0.4 is 10.3 Å². The van der Waals surface area contributed by atoms with Gasteiger partial charge in [-0.15, -0.1) is 0 Å². The number of fused-ring (bicyclic) bond motifs is 2. The van der Waals surface area contributed by atoms with Gasteiger partial charge in [-0.25, -0.2) is 4.98 Å². The molecule has 0 bridgehead atoms. The molecule has 0 spiro atoms. The number of hydrogen-bond acceptors (Lipinski definition) is 5. The van der Waals surface area contributed by atoms with E-state index in [1.54, 1.807) is 29.2 Å². The molecular formula is C27H25N3O3. The highest BCUT2D eigenvalue weighted by atomic mass is 16.3. The molecule has 0 N–H and O–H groups in total. The van der Waals surface area contributed by atoms with Gasteiger partial charge in [0.2, 0.25) is 5.91 Å². The first kappa shape index (κ1) is 20.9. The van der Waals surface area contributed by atoms with Crippen molar-refractivity contribution in [3.63, 3.8) is 0 Å². The number of para-hydroxylation sites is 2. The molecule has 1 saturated heterocycles. The fraction of sp³-hybridized carbons (Fsp3) is 0.222. The van der Waals surface area contributed by atoms with Gasteiger partial charge < -0.3 is 14.2 Å². The second-order valence-electron chi connectivity index (χ2n) is 8.43. The van der Waals surface area contributed by atoms with Crippen LogP contribution in [0, 0.1) is 13.8 Å². The molecule has 6 heteroatoms. The van der Waals surface area contributed by atoms with E-state index >= 15 is 0 Å². The first-order valence-electron chi connectivity index (χ1n) is 11.1. The molecule has 2 aromatic heterocycles. The summed E-state index contributed by atoms with van der Waals surface area (Å²) in [4.78, 5) is 34.3. The Morgan fingerprint density at radius 2 is 1.73 bits per heavy atom. The zero-order valence-corrected chi connectivity index (χ0v) is 18.7. The van der Waals surface area contributed by atoms with Crippen LogP contribution >= 0.6 is 0 Å². The molecule has 0 radical (unpaired) electrons. The molecule has 6 nitrogen and oxygen atoms in total. The summed E-state index contributed by atoms with van der Waals surface area (Å²) < 4.78 is 5.52. The van der Waals surface area contributed by atoms with E-state index in [0.29, 0.717) is 42.7 Å². The average Bonchev–Trinajstić information content (AvgIpc) is 2.84. The van der Waals surface area contributed by atoms with Gasteiger partial charge in [0.1, 0.15) is 17.7 Å². The highest BCUT2D eigenvalue weighted by Crippen LogP contribution is 2.25. The van der Waals surface area contributed by atoms with Gasteiger partial charge >= 0.3 is 0 Å². The van der Waals surface area contributed by atoms with Crippen molar-refractivity contribution in [1.29, 1.82) is 0 Å². The van der Waals surface area contributed by atoms with Crippen molar-refractivity contribution in [2.75, 3.05) is 31.1 Å². The van der Waals surface area contributed by atoms with Gasteiger partial charge in [0, 0.05) is 37.6 Å². The van der Waals surface area contributed by atoms with E-state index in [-0.39, 0.29) is 11.3 Å². The third kappa shape index (κ3) is 4.00. The molecule has 5 rings (SSSR count). The van der Waals surface area contributed by atoms with E-state index < -0.39 is 0 Å². The summed E-state index contributed by atoms with van der Waals surface area (Å²) in [6.45, 7) is 6.81. The lowest BCUT2D eigenvalue weighted by Gasteiger charge is -2.35. The highest BCUT2D eigenvalue weighted by Gasteiger charge is 2.21. The van der Waals surface area contributed by atoms with Crippen molar-refractivity contribution >= 4 is 39.7 Å². The smallest absolute Gasteiger partial charge is 0.246 e. The predicted molar refractivity (Wildman–Crippen MR) is 132 cm³/mol. The lowest BCUT2D eigenvalue weighted by Crippen LogP contribution is -2.48. The normalized spacial score (nSPS) is 14.5. The average molecular weight is 440 g/mol. The quantitative estimate of drug-likeness (QED) is 0.445. The Balaban J connectivity index is 1.28. The molecule has 166 valence electrons. The number of hydrogen-bond donors (Lipinski definition) is 0. The topological polar surface area (TPSA) is 66.7 Å². The van der Waals surface area contributed by atoms with Crippen LogP contribution in [0.4, 0.5) is 5.82 Å². The van der Waals surface area contributed by atoms with Gasteiger partial charge in [-0.1, -0.05) is 30.3 Å². The van der Waals surface area contributed by atoms with Gasteiger partial charge in [0.25, 0.3) is 0 Å². The van der Waals surface area contributed by atoms with Gasteiger partial charge in [0.15, 0.2) is 5.43 Å². The number of aromatic nitrogens is 1. The predicted octanol–water partition coefficient (Wildman–Crippen LogP) is 4.32. The molecule has 2 aromatic carbocycles. The van der Waals surface area contributed by atoms with Crippen LogP contribution in [0.3, 0.4) is 0 Å². The Kier molecular flexibility index (Phi) is 5.42. The summed E-state index contributed by atoms with van der Waals surface area (Å²) in [6, 6.07) is 15.5. The van der Waals surface area contributed by atoms with Crippen molar-refractivity contribution < 1.29 is 9.21 Å². The van der Waals surface area contributed by atoms with E-state index in [9.17, 15) is 9.59 Å². The Bertz CT molecular complexity index is 1450. The maximum Gasteiger partial charge on any atom is 0.246 e. The molecule has 1 fully saturated rings. The van der Waals surface area contributed by atoms with Crippen molar-refractivity contribution in [2.24, 2.45) is 0 Å². The minimum Gasteiger partial charge on any atom is -0.463 e. The van der Waals surface area contributed by atoms with Gasteiger partial charge in [-0.2, -0.15) is 0 Å². The van der Waals surface area contributed by atoms with Crippen LogP contribution in [0.2, 0.25) is 0 Å². The number of pyridine rings is 1. The number of nitrogens with zero attached hydrogens (tertiary/aromatic N) is 3. The fourth-order valence-electron chi connectivity index (χ4n) is 4.34. The molecule has 0 atom stereocenters. The second-order valence-corrected chi connectivity index (χ2v) is 8.43. The SMILES string of the molecule is Cc1cc(N2CCN(C(=O)/C=C/c3coc4ccccc4c3=O)CC2)nc2c(C)cccc12. The van der Waals surface area contributed by atoms with Crippen molar-refractivity contribution in [3.05, 3.63) is 87.8 Å². The number of piperazine rings is 1. The van der Waals surface area contributed by atoms with E-state index in [0.717, 1.165) is 16.9 Å². The third-order valence-electron chi connectivity index (χ3n) is 6.26.